The summed E-state index contributed by atoms with van der Waals surface area (Å²) in [6.45, 7) is 14.2. The van der Waals surface area contributed by atoms with Gasteiger partial charge in [-0.15, -0.1) is 0 Å². The van der Waals surface area contributed by atoms with E-state index in [0.717, 1.165) is 32.1 Å². The Morgan fingerprint density at radius 3 is 2.22 bits per heavy atom. The van der Waals surface area contributed by atoms with E-state index in [0.29, 0.717) is 25.7 Å². The van der Waals surface area contributed by atoms with Gasteiger partial charge in [0.05, 0.1) is 24.9 Å². The molecule has 4 saturated carbocycles. The van der Waals surface area contributed by atoms with Crippen LogP contribution < -0.4 is 0 Å². The molecule has 0 aromatic carbocycles. The maximum atomic E-state index is 14.0. The molecule has 0 aromatic rings. The molecular weight excluding hydrogens is 700 g/mol. The van der Waals surface area contributed by atoms with Gasteiger partial charge >= 0.3 is 0 Å². The van der Waals surface area contributed by atoms with Crippen molar-refractivity contribution < 1.29 is 64.6 Å². The van der Waals surface area contributed by atoms with Crippen LogP contribution in [0.25, 0.3) is 0 Å². The number of rotatable bonds is 10. The van der Waals surface area contributed by atoms with Crippen molar-refractivity contribution in [1.29, 1.82) is 0 Å². The minimum atomic E-state index is -1.62. The SMILES string of the molecule is CC(C)=CCC[C@](C)(O)[C@H]1C(=O)C[C@]2(C)[C@@H]1CCC1[C@@]3(CO)CCC(O[C@H]4O[C@H](CO[C@H]5OC[C@H](O)[C@H](O)[C@H]5O)[C@@H](O)[C@H](O)[C@H]4O)C(C)(C)[C@@H]3CC[C@]12C. The zero-order valence-corrected chi connectivity index (χ0v) is 33.3. The number of allylic oxidation sites excluding steroid dienone is 2. The molecule has 310 valence electrons. The summed E-state index contributed by atoms with van der Waals surface area (Å²) in [5.74, 6) is -0.0243. The van der Waals surface area contributed by atoms with Crippen LogP contribution in [0.1, 0.15) is 106 Å². The molecule has 2 aliphatic heterocycles. The van der Waals surface area contributed by atoms with Crippen molar-refractivity contribution in [2.24, 2.45) is 45.3 Å². The van der Waals surface area contributed by atoms with Crippen LogP contribution in [0.15, 0.2) is 11.6 Å². The molecule has 0 spiro atoms. The lowest BCUT2D eigenvalue weighted by atomic mass is 9.35. The Morgan fingerprint density at radius 1 is 0.870 bits per heavy atom. The van der Waals surface area contributed by atoms with Crippen molar-refractivity contribution >= 4 is 5.78 Å². The first-order chi connectivity index (χ1) is 25.2. The second kappa shape index (κ2) is 15.3. The smallest absolute Gasteiger partial charge is 0.186 e. The van der Waals surface area contributed by atoms with E-state index in [4.69, 9.17) is 18.9 Å². The van der Waals surface area contributed by atoms with E-state index < -0.39 is 83.8 Å². The average Bonchev–Trinajstić information content (AvgIpc) is 3.39. The zero-order valence-electron chi connectivity index (χ0n) is 33.3. The Bertz CT molecular complexity index is 1380. The number of hydrogen-bond donors (Lipinski definition) is 8. The van der Waals surface area contributed by atoms with Gasteiger partial charge in [0.25, 0.3) is 0 Å². The summed E-state index contributed by atoms with van der Waals surface area (Å²) in [6.07, 6.45) is -4.94. The van der Waals surface area contributed by atoms with Gasteiger partial charge in [0.15, 0.2) is 12.6 Å². The Hall–Kier alpha value is -1.07. The van der Waals surface area contributed by atoms with Crippen LogP contribution in [-0.2, 0) is 23.7 Å². The highest BCUT2D eigenvalue weighted by molar-refractivity contribution is 5.86. The molecule has 2 heterocycles. The molecule has 2 saturated heterocycles. The first-order valence-corrected chi connectivity index (χ1v) is 20.3. The van der Waals surface area contributed by atoms with E-state index in [-0.39, 0.29) is 54.2 Å². The molecule has 18 atom stereocenters. The van der Waals surface area contributed by atoms with Crippen molar-refractivity contribution in [3.8, 4) is 0 Å². The minimum Gasteiger partial charge on any atom is -0.396 e. The fourth-order valence-corrected chi connectivity index (χ4v) is 12.8. The highest BCUT2D eigenvalue weighted by Gasteiger charge is 2.72. The second-order valence-electron chi connectivity index (χ2n) is 19.4. The third kappa shape index (κ3) is 6.87. The second-order valence-corrected chi connectivity index (χ2v) is 19.4. The number of ether oxygens (including phenoxy) is 4. The van der Waals surface area contributed by atoms with Gasteiger partial charge in [0, 0.05) is 24.4 Å². The molecule has 6 rings (SSSR count). The van der Waals surface area contributed by atoms with Gasteiger partial charge in [-0.3, -0.25) is 4.79 Å². The van der Waals surface area contributed by atoms with Gasteiger partial charge < -0.3 is 59.8 Å². The summed E-state index contributed by atoms with van der Waals surface area (Å²) >= 11 is 0. The summed E-state index contributed by atoms with van der Waals surface area (Å²) in [6, 6.07) is 0. The Balaban J connectivity index is 1.17. The van der Waals surface area contributed by atoms with Gasteiger partial charge in [-0.25, -0.2) is 0 Å². The normalized spacial score (nSPS) is 50.0. The van der Waals surface area contributed by atoms with Crippen molar-refractivity contribution in [2.75, 3.05) is 19.8 Å². The Labute approximate surface area is 320 Å². The third-order valence-corrected chi connectivity index (χ3v) is 15.9. The van der Waals surface area contributed by atoms with Crippen molar-refractivity contribution in [3.05, 3.63) is 11.6 Å². The average molecular weight is 769 g/mol. The van der Waals surface area contributed by atoms with Crippen LogP contribution in [-0.4, -0.2) is 133 Å². The van der Waals surface area contributed by atoms with Crippen LogP contribution in [0.4, 0.5) is 0 Å². The Morgan fingerprint density at radius 2 is 1.56 bits per heavy atom. The summed E-state index contributed by atoms with van der Waals surface area (Å²) in [4.78, 5) is 14.0. The van der Waals surface area contributed by atoms with Crippen LogP contribution in [0.5, 0.6) is 0 Å². The molecule has 13 heteroatoms. The quantitative estimate of drug-likeness (QED) is 0.118. The van der Waals surface area contributed by atoms with Gasteiger partial charge in [0.2, 0.25) is 0 Å². The first kappa shape index (κ1) is 42.5. The zero-order chi connectivity index (χ0) is 39.8. The highest BCUT2D eigenvalue weighted by Crippen LogP contribution is 2.75. The van der Waals surface area contributed by atoms with E-state index in [1.165, 1.54) is 5.57 Å². The number of carbonyl (C=O) groups excluding carboxylic acids is 1. The number of carbonyl (C=O) groups is 1. The number of hydrogen-bond acceptors (Lipinski definition) is 13. The summed E-state index contributed by atoms with van der Waals surface area (Å²) in [7, 11) is 0. The summed E-state index contributed by atoms with van der Waals surface area (Å²) in [5, 5.41) is 86.0. The number of fused-ring (bicyclic) bond motifs is 5. The van der Waals surface area contributed by atoms with Gasteiger partial charge in [0.1, 0.15) is 48.5 Å². The number of Topliss-reactive ketones (excluding diaryl/α,β-unsaturated/α-hetero) is 1. The molecule has 0 aromatic heterocycles. The maximum absolute atomic E-state index is 14.0. The van der Waals surface area contributed by atoms with Gasteiger partial charge in [-0.2, -0.15) is 0 Å². The monoisotopic (exact) mass is 768 g/mol. The number of aliphatic hydroxyl groups is 8. The number of aliphatic hydroxyl groups excluding tert-OH is 7. The predicted octanol–water partition coefficient (Wildman–Crippen LogP) is 1.97. The van der Waals surface area contributed by atoms with E-state index in [1.807, 2.05) is 20.8 Å². The van der Waals surface area contributed by atoms with Crippen LogP contribution >= 0.6 is 0 Å². The van der Waals surface area contributed by atoms with Crippen molar-refractivity contribution in [1.82, 2.24) is 0 Å². The van der Waals surface area contributed by atoms with Crippen molar-refractivity contribution in [2.45, 2.75) is 173 Å². The molecule has 13 nitrogen and oxygen atoms in total. The molecule has 6 fully saturated rings. The van der Waals surface area contributed by atoms with E-state index >= 15 is 0 Å². The molecule has 0 radical (unpaired) electrons. The molecule has 8 N–H and O–H groups in total. The molecule has 54 heavy (non-hydrogen) atoms. The number of ketones is 1. The van der Waals surface area contributed by atoms with E-state index in [1.54, 1.807) is 0 Å². The highest BCUT2D eigenvalue weighted by atomic mass is 16.7. The molecule has 4 aliphatic carbocycles. The molecule has 6 aliphatic rings. The molecule has 2 unspecified atom stereocenters. The fraction of sp³-hybridized carbons (Fsp3) is 0.927. The van der Waals surface area contributed by atoms with E-state index in [2.05, 4.69) is 33.8 Å². The fourth-order valence-electron chi connectivity index (χ4n) is 12.8. The lowest BCUT2D eigenvalue weighted by Gasteiger charge is -2.70. The topological polar surface area (TPSA) is 216 Å². The largest absolute Gasteiger partial charge is 0.396 e. The van der Waals surface area contributed by atoms with Crippen LogP contribution in [0.3, 0.4) is 0 Å². The lowest BCUT2D eigenvalue weighted by Crippen LogP contribution is -2.67. The van der Waals surface area contributed by atoms with E-state index in [9.17, 15) is 45.6 Å². The summed E-state index contributed by atoms with van der Waals surface area (Å²) in [5.41, 5.74) is -1.41. The maximum Gasteiger partial charge on any atom is 0.186 e. The van der Waals surface area contributed by atoms with Crippen LogP contribution in [0.2, 0.25) is 0 Å². The molecule has 0 amide bonds. The predicted molar refractivity (Wildman–Crippen MR) is 195 cm³/mol. The van der Waals surface area contributed by atoms with Gasteiger partial charge in [-0.1, -0.05) is 39.3 Å². The minimum absolute atomic E-state index is 0.000298. The lowest BCUT2D eigenvalue weighted by molar-refractivity contribution is -0.342. The molecular formula is C41H68O13. The first-order valence-electron chi connectivity index (χ1n) is 20.3. The van der Waals surface area contributed by atoms with Crippen LogP contribution in [0, 0.1) is 45.3 Å². The standard InChI is InChI=1S/C41H68O13/c1-21(2)9-8-14-40(7,50)29-22-10-11-27-38(5,39(22,6)17-23(29)43)15-12-26-37(3,4)28(13-16-41(26,27)20-42)54-36-34(49)32(47)31(46)25(53-36)19-52-35-33(48)30(45)24(44)18-51-35/h9,22,24-36,42,44-50H,8,10-20H2,1-7H3/t22-,24+,25-,26+,27?,28?,29-,30+,31-,32+,33-,34-,35-,36-,38-,39-,40+,41-/m1/s1. The molecule has 0 bridgehead atoms. The van der Waals surface area contributed by atoms with Gasteiger partial charge in [-0.05, 0) is 106 Å². The van der Waals surface area contributed by atoms with Crippen molar-refractivity contribution in [3.63, 3.8) is 0 Å². The summed E-state index contributed by atoms with van der Waals surface area (Å²) < 4.78 is 23.5. The third-order valence-electron chi connectivity index (χ3n) is 15.9. The Kier molecular flexibility index (Phi) is 12.0.